The number of benzene rings is 1. The molecule has 2 N–H and O–H groups in total. The summed E-state index contributed by atoms with van der Waals surface area (Å²) in [5, 5.41) is 0. The van der Waals surface area contributed by atoms with Crippen LogP contribution in [0.1, 0.15) is 31.9 Å². The fraction of sp³-hybridized carbons (Fsp3) is 0.353. The molecule has 2 rings (SSSR count). The minimum absolute atomic E-state index is 0.0999. The van der Waals surface area contributed by atoms with Gasteiger partial charge >= 0.3 is 0 Å². The number of rotatable bonds is 5. The Balaban J connectivity index is 2.38. The topological polar surface area (TPSA) is 57.4 Å². The smallest absolute Gasteiger partial charge is 0.138 e. The van der Waals surface area contributed by atoms with E-state index >= 15 is 0 Å². The normalized spacial score (nSPS) is 13.8. The Kier molecular flexibility index (Phi) is 4.48. The highest BCUT2D eigenvalue weighted by molar-refractivity contribution is 5.41. The van der Waals surface area contributed by atoms with E-state index in [-0.39, 0.29) is 6.10 Å². The molecule has 1 aromatic heterocycles. The first kappa shape index (κ1) is 15.3. The van der Waals surface area contributed by atoms with Gasteiger partial charge in [0.05, 0.1) is 24.9 Å². The molecular weight excluding hydrogens is 264 g/mol. The summed E-state index contributed by atoms with van der Waals surface area (Å²) in [6.45, 7) is 5.92. The van der Waals surface area contributed by atoms with Crippen molar-refractivity contribution >= 4 is 0 Å². The minimum atomic E-state index is -0.669. The van der Waals surface area contributed by atoms with Crippen molar-refractivity contribution in [3.05, 3.63) is 53.9 Å². The first-order valence-electron chi connectivity index (χ1n) is 6.99. The van der Waals surface area contributed by atoms with Crippen LogP contribution in [-0.4, -0.2) is 18.2 Å². The quantitative estimate of drug-likeness (QED) is 0.917. The first-order chi connectivity index (χ1) is 9.93. The zero-order valence-corrected chi connectivity index (χ0v) is 13.0. The lowest BCUT2D eigenvalue weighted by molar-refractivity contribution is 0.241. The third-order valence-corrected chi connectivity index (χ3v) is 3.35. The SMILES string of the molecule is COc1cccc(C(C)(N)c2cncc(OC(C)C)c2)c1. The van der Waals surface area contributed by atoms with Crippen LogP contribution in [0.3, 0.4) is 0 Å². The maximum atomic E-state index is 6.53. The highest BCUT2D eigenvalue weighted by Crippen LogP contribution is 2.30. The van der Waals surface area contributed by atoms with E-state index in [9.17, 15) is 0 Å². The Bertz CT molecular complexity index is 609. The molecule has 1 atom stereocenters. The minimum Gasteiger partial charge on any atom is -0.497 e. The second-order valence-corrected chi connectivity index (χ2v) is 5.51. The van der Waals surface area contributed by atoms with Crippen molar-refractivity contribution in [2.75, 3.05) is 7.11 Å². The fourth-order valence-corrected chi connectivity index (χ4v) is 2.15. The van der Waals surface area contributed by atoms with E-state index in [1.54, 1.807) is 19.5 Å². The van der Waals surface area contributed by atoms with Crippen LogP contribution in [0.2, 0.25) is 0 Å². The predicted octanol–water partition coefficient (Wildman–Crippen LogP) is 3.10. The maximum absolute atomic E-state index is 6.53. The van der Waals surface area contributed by atoms with E-state index in [4.69, 9.17) is 15.2 Å². The molecule has 0 saturated heterocycles. The Hall–Kier alpha value is -2.07. The van der Waals surface area contributed by atoms with Crippen molar-refractivity contribution in [3.8, 4) is 11.5 Å². The van der Waals surface area contributed by atoms with Gasteiger partial charge in [0.25, 0.3) is 0 Å². The first-order valence-corrected chi connectivity index (χ1v) is 6.99. The molecular formula is C17H22N2O2. The molecule has 0 aliphatic rings. The van der Waals surface area contributed by atoms with E-state index in [2.05, 4.69) is 4.98 Å². The van der Waals surface area contributed by atoms with Crippen molar-refractivity contribution < 1.29 is 9.47 Å². The maximum Gasteiger partial charge on any atom is 0.138 e. The molecule has 21 heavy (non-hydrogen) atoms. The average Bonchev–Trinajstić information content (AvgIpc) is 2.47. The molecule has 0 aliphatic carbocycles. The van der Waals surface area contributed by atoms with Crippen molar-refractivity contribution in [3.63, 3.8) is 0 Å². The second-order valence-electron chi connectivity index (χ2n) is 5.51. The van der Waals surface area contributed by atoms with E-state index in [1.807, 2.05) is 51.1 Å². The zero-order valence-electron chi connectivity index (χ0n) is 13.0. The van der Waals surface area contributed by atoms with Crippen LogP contribution in [0.25, 0.3) is 0 Å². The highest BCUT2D eigenvalue weighted by atomic mass is 16.5. The third-order valence-electron chi connectivity index (χ3n) is 3.35. The van der Waals surface area contributed by atoms with Gasteiger partial charge in [-0.05, 0) is 50.1 Å². The largest absolute Gasteiger partial charge is 0.497 e. The summed E-state index contributed by atoms with van der Waals surface area (Å²) in [6.07, 6.45) is 3.57. The van der Waals surface area contributed by atoms with Crippen molar-refractivity contribution in [2.24, 2.45) is 5.73 Å². The van der Waals surface area contributed by atoms with Crippen LogP contribution >= 0.6 is 0 Å². The number of aromatic nitrogens is 1. The molecule has 0 aliphatic heterocycles. The number of hydrogen-bond donors (Lipinski definition) is 1. The fourth-order valence-electron chi connectivity index (χ4n) is 2.15. The van der Waals surface area contributed by atoms with Crippen LogP contribution in [-0.2, 0) is 5.54 Å². The monoisotopic (exact) mass is 286 g/mol. The molecule has 0 saturated carbocycles. The Morgan fingerprint density at radius 2 is 1.81 bits per heavy atom. The molecule has 0 fully saturated rings. The lowest BCUT2D eigenvalue weighted by Gasteiger charge is -2.26. The van der Waals surface area contributed by atoms with Crippen LogP contribution < -0.4 is 15.2 Å². The van der Waals surface area contributed by atoms with Gasteiger partial charge in [0.15, 0.2) is 0 Å². The zero-order chi connectivity index (χ0) is 15.5. The highest BCUT2D eigenvalue weighted by Gasteiger charge is 2.25. The number of pyridine rings is 1. The van der Waals surface area contributed by atoms with Crippen LogP contribution in [0.5, 0.6) is 11.5 Å². The van der Waals surface area contributed by atoms with Gasteiger partial charge in [-0.1, -0.05) is 12.1 Å². The van der Waals surface area contributed by atoms with E-state index in [0.717, 1.165) is 22.6 Å². The Labute approximate surface area is 125 Å². The number of nitrogens with zero attached hydrogens (tertiary/aromatic N) is 1. The summed E-state index contributed by atoms with van der Waals surface area (Å²) in [5.74, 6) is 1.51. The molecule has 0 bridgehead atoms. The summed E-state index contributed by atoms with van der Waals surface area (Å²) in [5.41, 5.74) is 7.72. The summed E-state index contributed by atoms with van der Waals surface area (Å²) >= 11 is 0. The number of hydrogen-bond acceptors (Lipinski definition) is 4. The van der Waals surface area contributed by atoms with Crippen LogP contribution in [0.15, 0.2) is 42.7 Å². The van der Waals surface area contributed by atoms with E-state index in [0.29, 0.717) is 0 Å². The molecule has 1 heterocycles. The number of ether oxygens (including phenoxy) is 2. The van der Waals surface area contributed by atoms with Crippen molar-refractivity contribution in [1.82, 2.24) is 4.98 Å². The van der Waals surface area contributed by atoms with Gasteiger partial charge in [0, 0.05) is 6.20 Å². The lowest BCUT2D eigenvalue weighted by Crippen LogP contribution is -2.34. The molecule has 0 amide bonds. The summed E-state index contributed by atoms with van der Waals surface area (Å²) in [4.78, 5) is 4.24. The van der Waals surface area contributed by atoms with Gasteiger partial charge < -0.3 is 15.2 Å². The van der Waals surface area contributed by atoms with Gasteiger partial charge in [-0.15, -0.1) is 0 Å². The van der Waals surface area contributed by atoms with E-state index < -0.39 is 5.54 Å². The molecule has 2 aromatic rings. The molecule has 112 valence electrons. The Morgan fingerprint density at radius 1 is 1.10 bits per heavy atom. The Morgan fingerprint density at radius 3 is 2.48 bits per heavy atom. The molecule has 0 spiro atoms. The van der Waals surface area contributed by atoms with Gasteiger partial charge in [0.2, 0.25) is 0 Å². The molecule has 4 heteroatoms. The summed E-state index contributed by atoms with van der Waals surface area (Å²) in [7, 11) is 1.64. The second kappa shape index (κ2) is 6.14. The number of nitrogens with two attached hydrogens (primary N) is 1. The van der Waals surface area contributed by atoms with Crippen LogP contribution in [0.4, 0.5) is 0 Å². The average molecular weight is 286 g/mol. The number of methoxy groups -OCH3 is 1. The van der Waals surface area contributed by atoms with Crippen molar-refractivity contribution in [1.29, 1.82) is 0 Å². The lowest BCUT2D eigenvalue weighted by atomic mass is 9.86. The van der Waals surface area contributed by atoms with E-state index in [1.165, 1.54) is 0 Å². The molecule has 0 radical (unpaired) electrons. The van der Waals surface area contributed by atoms with Gasteiger partial charge in [-0.3, -0.25) is 4.98 Å². The van der Waals surface area contributed by atoms with Gasteiger partial charge in [-0.2, -0.15) is 0 Å². The summed E-state index contributed by atoms with van der Waals surface area (Å²) in [6, 6.07) is 9.69. The standard InChI is InChI=1S/C17H22N2O2/c1-12(2)21-16-9-14(10-19-11-16)17(3,18)13-6-5-7-15(8-13)20-4/h5-12H,18H2,1-4H3. The predicted molar refractivity (Wildman–Crippen MR) is 83.6 cm³/mol. The summed E-state index contributed by atoms with van der Waals surface area (Å²) < 4.78 is 11.0. The van der Waals surface area contributed by atoms with Crippen LogP contribution in [0, 0.1) is 0 Å². The van der Waals surface area contributed by atoms with Gasteiger partial charge in [-0.25, -0.2) is 0 Å². The third kappa shape index (κ3) is 3.52. The van der Waals surface area contributed by atoms with Crippen molar-refractivity contribution in [2.45, 2.75) is 32.4 Å². The molecule has 1 unspecified atom stereocenters. The van der Waals surface area contributed by atoms with Gasteiger partial charge in [0.1, 0.15) is 11.5 Å². The molecule has 4 nitrogen and oxygen atoms in total. The molecule has 1 aromatic carbocycles.